The summed E-state index contributed by atoms with van der Waals surface area (Å²) in [6.07, 6.45) is 1.19. The molecule has 5 nitrogen and oxygen atoms in total. The van der Waals surface area contributed by atoms with Crippen LogP contribution in [0.25, 0.3) is 11.5 Å². The summed E-state index contributed by atoms with van der Waals surface area (Å²) in [4.78, 5) is 14.4. The van der Waals surface area contributed by atoms with E-state index in [1.165, 1.54) is 23.7 Å². The van der Waals surface area contributed by atoms with E-state index in [9.17, 15) is 4.79 Å². The van der Waals surface area contributed by atoms with Crippen LogP contribution in [0.3, 0.4) is 0 Å². The van der Waals surface area contributed by atoms with Gasteiger partial charge in [-0.05, 0) is 37.3 Å². The highest BCUT2D eigenvalue weighted by molar-refractivity contribution is 7.99. The molecule has 1 aromatic heterocycles. The molecule has 1 aromatic carbocycles. The summed E-state index contributed by atoms with van der Waals surface area (Å²) in [7, 11) is 0. The second kappa shape index (κ2) is 7.38. The number of nitrogens with zero attached hydrogens (tertiary/aromatic N) is 3. The molecule has 0 bridgehead atoms. The molecule has 0 radical (unpaired) electrons. The number of rotatable bonds is 4. The highest BCUT2D eigenvalue weighted by Crippen LogP contribution is 2.25. The normalized spacial score (nSPS) is 21.0. The monoisotopic (exact) mass is 345 g/mol. The number of benzene rings is 1. The zero-order valence-electron chi connectivity index (χ0n) is 14.4. The molecule has 2 heterocycles. The quantitative estimate of drug-likeness (QED) is 0.792. The van der Waals surface area contributed by atoms with E-state index in [0.717, 1.165) is 18.7 Å². The first-order valence-electron chi connectivity index (χ1n) is 8.32. The van der Waals surface area contributed by atoms with Crippen LogP contribution in [0.15, 0.2) is 33.9 Å². The lowest BCUT2D eigenvalue weighted by atomic mass is 9.92. The predicted molar refractivity (Wildman–Crippen MR) is 94.7 cm³/mol. The minimum atomic E-state index is 0.147. The van der Waals surface area contributed by atoms with Crippen molar-refractivity contribution in [3.63, 3.8) is 0 Å². The molecular formula is C18H23N3O2S. The van der Waals surface area contributed by atoms with Crippen LogP contribution in [0.5, 0.6) is 0 Å². The van der Waals surface area contributed by atoms with E-state index in [1.54, 1.807) is 0 Å². The zero-order chi connectivity index (χ0) is 17.1. The van der Waals surface area contributed by atoms with Gasteiger partial charge >= 0.3 is 0 Å². The Hall–Kier alpha value is -1.82. The van der Waals surface area contributed by atoms with Gasteiger partial charge in [-0.1, -0.05) is 43.3 Å². The van der Waals surface area contributed by atoms with Crippen LogP contribution >= 0.6 is 11.8 Å². The second-order valence-corrected chi connectivity index (χ2v) is 7.70. The highest BCUT2D eigenvalue weighted by Gasteiger charge is 2.25. The van der Waals surface area contributed by atoms with Crippen LogP contribution in [-0.4, -0.2) is 39.8 Å². The summed E-state index contributed by atoms with van der Waals surface area (Å²) < 4.78 is 5.66. The SMILES string of the molecule is Cc1ccc(-c2nnc(SCC(=O)N3CC(C)CC(C)C3)o2)cc1. The summed E-state index contributed by atoms with van der Waals surface area (Å²) >= 11 is 1.31. The van der Waals surface area contributed by atoms with E-state index in [-0.39, 0.29) is 5.91 Å². The molecule has 1 aliphatic heterocycles. The van der Waals surface area contributed by atoms with Crippen LogP contribution in [0.4, 0.5) is 0 Å². The molecule has 24 heavy (non-hydrogen) atoms. The molecule has 128 valence electrons. The average molecular weight is 345 g/mol. The van der Waals surface area contributed by atoms with Gasteiger partial charge in [-0.15, -0.1) is 10.2 Å². The van der Waals surface area contributed by atoms with Gasteiger partial charge in [-0.3, -0.25) is 4.79 Å². The molecular weight excluding hydrogens is 322 g/mol. The largest absolute Gasteiger partial charge is 0.411 e. The molecule has 1 saturated heterocycles. The van der Waals surface area contributed by atoms with Gasteiger partial charge in [-0.2, -0.15) is 0 Å². The third-order valence-corrected chi connectivity index (χ3v) is 5.05. The van der Waals surface area contributed by atoms with E-state index in [1.807, 2.05) is 36.1 Å². The van der Waals surface area contributed by atoms with Crippen molar-refractivity contribution in [3.8, 4) is 11.5 Å². The number of piperidine rings is 1. The first-order chi connectivity index (χ1) is 11.5. The molecule has 3 rings (SSSR count). The van der Waals surface area contributed by atoms with Crippen LogP contribution in [0, 0.1) is 18.8 Å². The Morgan fingerprint density at radius 2 is 1.88 bits per heavy atom. The zero-order valence-corrected chi connectivity index (χ0v) is 15.2. The first-order valence-corrected chi connectivity index (χ1v) is 9.31. The number of likely N-dealkylation sites (tertiary alicyclic amines) is 1. The predicted octanol–water partition coefficient (Wildman–Crippen LogP) is 3.64. The van der Waals surface area contributed by atoms with Crippen molar-refractivity contribution in [3.05, 3.63) is 29.8 Å². The van der Waals surface area contributed by atoms with Crippen molar-refractivity contribution in [1.82, 2.24) is 15.1 Å². The van der Waals surface area contributed by atoms with Crippen molar-refractivity contribution in [2.24, 2.45) is 11.8 Å². The minimum absolute atomic E-state index is 0.147. The molecule has 0 aliphatic carbocycles. The lowest BCUT2D eigenvalue weighted by molar-refractivity contribution is -0.130. The van der Waals surface area contributed by atoms with E-state index in [0.29, 0.717) is 28.7 Å². The lowest BCUT2D eigenvalue weighted by Crippen LogP contribution is -2.43. The summed E-state index contributed by atoms with van der Waals surface area (Å²) in [5, 5.41) is 8.55. The molecule has 2 aromatic rings. The van der Waals surface area contributed by atoms with Crippen LogP contribution < -0.4 is 0 Å². The van der Waals surface area contributed by atoms with Crippen LogP contribution in [0.2, 0.25) is 0 Å². The van der Waals surface area contributed by atoms with Gasteiger partial charge in [0, 0.05) is 18.7 Å². The van der Waals surface area contributed by atoms with E-state index < -0.39 is 0 Å². The number of aromatic nitrogens is 2. The maximum atomic E-state index is 12.4. The molecule has 6 heteroatoms. The van der Waals surface area contributed by atoms with Crippen molar-refractivity contribution in [2.45, 2.75) is 32.4 Å². The van der Waals surface area contributed by atoms with Crippen molar-refractivity contribution in [1.29, 1.82) is 0 Å². The highest BCUT2D eigenvalue weighted by atomic mass is 32.2. The number of carbonyl (C=O) groups is 1. The Morgan fingerprint density at radius 3 is 2.54 bits per heavy atom. The van der Waals surface area contributed by atoms with E-state index in [2.05, 4.69) is 24.0 Å². The molecule has 1 fully saturated rings. The first kappa shape index (κ1) is 17.0. The topological polar surface area (TPSA) is 59.2 Å². The van der Waals surface area contributed by atoms with Gasteiger partial charge in [-0.25, -0.2) is 0 Å². The number of aryl methyl sites for hydroxylation is 1. The Balaban J connectivity index is 1.57. The standard InChI is InChI=1S/C18H23N3O2S/c1-12-4-6-15(7-5-12)17-19-20-18(23-17)24-11-16(22)21-9-13(2)8-14(3)10-21/h4-7,13-14H,8-11H2,1-3H3. The van der Waals surface area contributed by atoms with Crippen LogP contribution in [0.1, 0.15) is 25.8 Å². The third-order valence-electron chi connectivity index (χ3n) is 4.25. The van der Waals surface area contributed by atoms with Gasteiger partial charge in [0.1, 0.15) is 0 Å². The number of carbonyl (C=O) groups excluding carboxylic acids is 1. The Bertz CT molecular complexity index is 689. The summed E-state index contributed by atoms with van der Waals surface area (Å²) in [5.74, 6) is 2.12. The summed E-state index contributed by atoms with van der Waals surface area (Å²) in [6, 6.07) is 7.93. The number of hydrogen-bond acceptors (Lipinski definition) is 5. The molecule has 2 unspecified atom stereocenters. The Morgan fingerprint density at radius 1 is 1.21 bits per heavy atom. The number of amides is 1. The maximum Gasteiger partial charge on any atom is 0.277 e. The lowest BCUT2D eigenvalue weighted by Gasteiger charge is -2.34. The van der Waals surface area contributed by atoms with Crippen LogP contribution in [-0.2, 0) is 4.79 Å². The van der Waals surface area contributed by atoms with Crippen molar-refractivity contribution >= 4 is 17.7 Å². The number of thioether (sulfide) groups is 1. The van der Waals surface area contributed by atoms with Gasteiger partial charge in [0.05, 0.1) is 5.75 Å². The molecule has 1 amide bonds. The average Bonchev–Trinajstić information content (AvgIpc) is 3.01. The van der Waals surface area contributed by atoms with Gasteiger partial charge in [0.25, 0.3) is 5.22 Å². The fourth-order valence-corrected chi connectivity index (χ4v) is 3.83. The third kappa shape index (κ3) is 4.17. The van der Waals surface area contributed by atoms with Crippen molar-refractivity contribution < 1.29 is 9.21 Å². The second-order valence-electron chi connectivity index (χ2n) is 6.77. The fraction of sp³-hybridized carbons (Fsp3) is 0.500. The molecule has 0 spiro atoms. The fourth-order valence-electron chi connectivity index (χ4n) is 3.16. The van der Waals surface area contributed by atoms with Crippen molar-refractivity contribution in [2.75, 3.05) is 18.8 Å². The molecule has 2 atom stereocenters. The summed E-state index contributed by atoms with van der Waals surface area (Å²) in [5.41, 5.74) is 2.08. The Kier molecular flexibility index (Phi) is 5.23. The van der Waals surface area contributed by atoms with Gasteiger partial charge < -0.3 is 9.32 Å². The summed E-state index contributed by atoms with van der Waals surface area (Å²) in [6.45, 7) is 8.14. The van der Waals surface area contributed by atoms with E-state index in [4.69, 9.17) is 4.42 Å². The molecule has 0 N–H and O–H groups in total. The van der Waals surface area contributed by atoms with Gasteiger partial charge in [0.15, 0.2) is 0 Å². The maximum absolute atomic E-state index is 12.4. The number of hydrogen-bond donors (Lipinski definition) is 0. The van der Waals surface area contributed by atoms with Gasteiger partial charge in [0.2, 0.25) is 11.8 Å². The minimum Gasteiger partial charge on any atom is -0.411 e. The molecule has 0 saturated carbocycles. The Labute approximate surface area is 146 Å². The smallest absolute Gasteiger partial charge is 0.277 e. The molecule has 1 aliphatic rings. The van der Waals surface area contributed by atoms with E-state index >= 15 is 0 Å².